The van der Waals surface area contributed by atoms with Crippen LogP contribution in [-0.2, 0) is 13.0 Å². The van der Waals surface area contributed by atoms with E-state index in [2.05, 4.69) is 24.9 Å². The van der Waals surface area contributed by atoms with Crippen LogP contribution < -0.4 is 4.74 Å². The first kappa shape index (κ1) is 19.9. The molecule has 0 fully saturated rings. The van der Waals surface area contributed by atoms with E-state index in [4.69, 9.17) is 4.74 Å². The third-order valence-electron chi connectivity index (χ3n) is 6.07. The van der Waals surface area contributed by atoms with Gasteiger partial charge in [0.1, 0.15) is 12.4 Å². The number of hydrogen-bond donors (Lipinski definition) is 1. The fraction of sp³-hybridized carbons (Fsp3) is 0.542. The van der Waals surface area contributed by atoms with Crippen molar-refractivity contribution >= 4 is 0 Å². The highest BCUT2D eigenvalue weighted by Gasteiger charge is 2.42. The molecule has 3 nitrogen and oxygen atoms in total. The maximum atomic E-state index is 11.4. The average molecular weight is 368 g/mol. The van der Waals surface area contributed by atoms with E-state index in [-0.39, 0.29) is 5.41 Å². The van der Waals surface area contributed by atoms with Gasteiger partial charge in [0.05, 0.1) is 11.8 Å². The number of hydrogen-bond acceptors (Lipinski definition) is 3. The molecule has 146 valence electrons. The van der Waals surface area contributed by atoms with Gasteiger partial charge < -0.3 is 9.84 Å². The molecule has 0 spiro atoms. The molecule has 1 aliphatic rings. The van der Waals surface area contributed by atoms with Crippen molar-refractivity contribution in [2.75, 3.05) is 0 Å². The maximum absolute atomic E-state index is 11.4. The first-order chi connectivity index (χ1) is 13.2. The van der Waals surface area contributed by atoms with Crippen LogP contribution >= 0.6 is 0 Å². The number of aliphatic hydroxyl groups excluding tert-OH is 1. The first-order valence-corrected chi connectivity index (χ1v) is 10.5. The van der Waals surface area contributed by atoms with E-state index in [1.807, 2.05) is 30.3 Å². The van der Waals surface area contributed by atoms with Gasteiger partial charge in [0.25, 0.3) is 0 Å². The highest BCUT2D eigenvalue weighted by Crippen LogP contribution is 2.52. The lowest BCUT2D eigenvalue weighted by atomic mass is 9.64. The minimum atomic E-state index is -0.391. The quantitative estimate of drug-likeness (QED) is 0.590. The van der Waals surface area contributed by atoms with Crippen LogP contribution in [0.3, 0.4) is 0 Å². The number of fused-ring (bicyclic) bond motifs is 1. The second-order valence-corrected chi connectivity index (χ2v) is 7.91. The van der Waals surface area contributed by atoms with Crippen molar-refractivity contribution in [3.8, 4) is 5.75 Å². The van der Waals surface area contributed by atoms with Gasteiger partial charge in [-0.25, -0.2) is 0 Å². The molecule has 0 bridgehead atoms. The van der Waals surface area contributed by atoms with E-state index in [1.165, 1.54) is 31.2 Å². The Bertz CT molecular complexity index is 706. The largest absolute Gasteiger partial charge is 0.487 e. The van der Waals surface area contributed by atoms with Crippen LogP contribution in [0, 0.1) is 5.41 Å². The molecule has 0 saturated carbocycles. The van der Waals surface area contributed by atoms with E-state index in [0.717, 1.165) is 42.7 Å². The lowest BCUT2D eigenvalue weighted by Crippen LogP contribution is -2.34. The fourth-order valence-electron chi connectivity index (χ4n) is 4.42. The van der Waals surface area contributed by atoms with Gasteiger partial charge in [-0.15, -0.1) is 0 Å². The minimum absolute atomic E-state index is 0.0264. The summed E-state index contributed by atoms with van der Waals surface area (Å²) in [5.74, 6) is 0.900. The van der Waals surface area contributed by atoms with Gasteiger partial charge in [0.2, 0.25) is 0 Å². The summed E-state index contributed by atoms with van der Waals surface area (Å²) in [7, 11) is 0. The molecule has 0 aliphatic heterocycles. The number of unbranched alkanes of at least 4 members (excludes halogenated alkanes) is 2. The molecule has 1 N–H and O–H groups in total. The van der Waals surface area contributed by atoms with Crippen molar-refractivity contribution in [3.05, 3.63) is 59.4 Å². The highest BCUT2D eigenvalue weighted by atomic mass is 16.5. The summed E-state index contributed by atoms with van der Waals surface area (Å²) in [5.41, 5.74) is 3.21. The van der Waals surface area contributed by atoms with Crippen LogP contribution in [0.4, 0.5) is 0 Å². The first-order valence-electron chi connectivity index (χ1n) is 10.5. The molecular formula is C24H33NO2. The lowest BCUT2D eigenvalue weighted by molar-refractivity contribution is -0.0103. The van der Waals surface area contributed by atoms with Crippen LogP contribution in [0.1, 0.15) is 81.7 Å². The van der Waals surface area contributed by atoms with Crippen molar-refractivity contribution in [2.45, 2.75) is 77.9 Å². The van der Waals surface area contributed by atoms with Crippen molar-refractivity contribution < 1.29 is 9.84 Å². The Morgan fingerprint density at radius 2 is 1.85 bits per heavy atom. The molecule has 3 rings (SSSR count). The Labute approximate surface area is 163 Å². The van der Waals surface area contributed by atoms with E-state index < -0.39 is 6.10 Å². The SMILES string of the molecule is CCCCC1(CCCC)CCc2c(OCc3ccccn3)cccc2C1O. The van der Waals surface area contributed by atoms with Gasteiger partial charge in [-0.2, -0.15) is 0 Å². The molecule has 1 aromatic heterocycles. The van der Waals surface area contributed by atoms with Crippen molar-refractivity contribution in [1.29, 1.82) is 0 Å². The Kier molecular flexibility index (Phi) is 6.89. The molecule has 3 heteroatoms. The van der Waals surface area contributed by atoms with Crippen LogP contribution in [0.25, 0.3) is 0 Å². The second-order valence-electron chi connectivity index (χ2n) is 7.91. The van der Waals surface area contributed by atoms with Gasteiger partial charge in [-0.3, -0.25) is 4.98 Å². The van der Waals surface area contributed by atoms with Crippen molar-refractivity contribution in [2.24, 2.45) is 5.41 Å². The average Bonchev–Trinajstić information content (AvgIpc) is 2.72. The Morgan fingerprint density at radius 3 is 2.52 bits per heavy atom. The van der Waals surface area contributed by atoms with Gasteiger partial charge in [-0.1, -0.05) is 57.7 Å². The monoisotopic (exact) mass is 367 g/mol. The predicted molar refractivity (Wildman–Crippen MR) is 110 cm³/mol. The molecular weight excluding hydrogens is 334 g/mol. The Balaban J connectivity index is 1.81. The van der Waals surface area contributed by atoms with Gasteiger partial charge in [0, 0.05) is 11.6 Å². The number of ether oxygens (including phenoxy) is 1. The molecule has 27 heavy (non-hydrogen) atoms. The third-order valence-corrected chi connectivity index (χ3v) is 6.07. The molecule has 0 amide bonds. The Morgan fingerprint density at radius 1 is 1.07 bits per heavy atom. The number of nitrogens with zero attached hydrogens (tertiary/aromatic N) is 1. The van der Waals surface area contributed by atoms with Crippen LogP contribution in [-0.4, -0.2) is 10.1 Å². The molecule has 1 aromatic carbocycles. The molecule has 1 unspecified atom stereocenters. The topological polar surface area (TPSA) is 42.4 Å². The molecule has 1 atom stereocenters. The van der Waals surface area contributed by atoms with Gasteiger partial charge >= 0.3 is 0 Å². The summed E-state index contributed by atoms with van der Waals surface area (Å²) in [6.45, 7) is 4.94. The number of rotatable bonds is 9. The second kappa shape index (κ2) is 9.36. The van der Waals surface area contributed by atoms with Gasteiger partial charge in [-0.05, 0) is 55.0 Å². The summed E-state index contributed by atoms with van der Waals surface area (Å²) < 4.78 is 6.10. The zero-order valence-electron chi connectivity index (χ0n) is 16.8. The summed E-state index contributed by atoms with van der Waals surface area (Å²) in [6.07, 6.45) is 10.4. The standard InChI is InChI=1S/C24H33NO2/c1-3-5-14-24(15-6-4-2)16-13-20-21(23(24)26)11-9-12-22(20)27-18-19-10-7-8-17-25-19/h7-12,17,23,26H,3-6,13-16,18H2,1-2H3. The molecule has 0 radical (unpaired) electrons. The van der Waals surface area contributed by atoms with Crippen molar-refractivity contribution in [3.63, 3.8) is 0 Å². The molecule has 1 heterocycles. The number of benzene rings is 1. The van der Waals surface area contributed by atoms with Crippen LogP contribution in [0.2, 0.25) is 0 Å². The van der Waals surface area contributed by atoms with E-state index in [1.54, 1.807) is 6.20 Å². The number of aromatic nitrogens is 1. The van der Waals surface area contributed by atoms with Crippen LogP contribution in [0.15, 0.2) is 42.6 Å². The summed E-state index contributed by atoms with van der Waals surface area (Å²) >= 11 is 0. The third kappa shape index (κ3) is 4.52. The predicted octanol–water partition coefficient (Wildman–Crippen LogP) is 6.01. The molecule has 0 saturated heterocycles. The lowest BCUT2D eigenvalue weighted by Gasteiger charge is -2.43. The normalized spacial score (nSPS) is 18.1. The smallest absolute Gasteiger partial charge is 0.130 e. The number of aliphatic hydroxyl groups is 1. The molecule has 2 aromatic rings. The fourth-order valence-corrected chi connectivity index (χ4v) is 4.42. The van der Waals surface area contributed by atoms with E-state index in [9.17, 15) is 5.11 Å². The van der Waals surface area contributed by atoms with Crippen molar-refractivity contribution in [1.82, 2.24) is 4.98 Å². The summed E-state index contributed by atoms with van der Waals surface area (Å²) in [4.78, 5) is 4.34. The van der Waals surface area contributed by atoms with E-state index in [0.29, 0.717) is 6.61 Å². The zero-order valence-corrected chi connectivity index (χ0v) is 16.8. The minimum Gasteiger partial charge on any atom is -0.487 e. The number of pyridine rings is 1. The van der Waals surface area contributed by atoms with Crippen LogP contribution in [0.5, 0.6) is 5.75 Å². The van der Waals surface area contributed by atoms with Gasteiger partial charge in [0.15, 0.2) is 0 Å². The summed E-state index contributed by atoms with van der Waals surface area (Å²) in [6, 6.07) is 12.0. The zero-order chi connectivity index (χ0) is 19.1. The molecule has 1 aliphatic carbocycles. The Hall–Kier alpha value is -1.87. The highest BCUT2D eigenvalue weighted by molar-refractivity contribution is 5.44. The summed E-state index contributed by atoms with van der Waals surface area (Å²) in [5, 5.41) is 11.4. The maximum Gasteiger partial charge on any atom is 0.130 e. The van der Waals surface area contributed by atoms with E-state index >= 15 is 0 Å².